The Balaban J connectivity index is 1.06. The molecule has 11 aromatic carbocycles. The maximum atomic E-state index is 7.09. The minimum atomic E-state index is -0.0993. The molecule has 0 radical (unpaired) electrons. The van der Waals surface area contributed by atoms with E-state index in [0.717, 1.165) is 45.1 Å². The van der Waals surface area contributed by atoms with Gasteiger partial charge in [0.25, 0.3) is 6.71 Å². The van der Waals surface area contributed by atoms with Gasteiger partial charge in [0.15, 0.2) is 0 Å². The molecule has 0 bridgehead atoms. The van der Waals surface area contributed by atoms with Gasteiger partial charge in [-0.05, 0) is 130 Å². The fourth-order valence-electron chi connectivity index (χ4n) is 10.9. The lowest BCUT2D eigenvalue weighted by Crippen LogP contribution is -2.60. The van der Waals surface area contributed by atoms with Crippen LogP contribution < -0.4 is 26.4 Å². The van der Waals surface area contributed by atoms with E-state index in [1.54, 1.807) is 0 Å². The van der Waals surface area contributed by atoms with Gasteiger partial charge in [0, 0.05) is 33.8 Å². The summed E-state index contributed by atoms with van der Waals surface area (Å²) in [5, 5.41) is 16.3. The number of rotatable bonds is 2. The maximum Gasteiger partial charge on any atom is 0.297 e. The molecule has 0 atom stereocenters. The number of anilines is 6. The first-order valence-electron chi connectivity index (χ1n) is 20.8. The van der Waals surface area contributed by atoms with Crippen molar-refractivity contribution in [1.29, 1.82) is 0 Å². The van der Waals surface area contributed by atoms with E-state index >= 15 is 0 Å². The first kappa shape index (κ1) is 32.2. The molecule has 2 aliphatic rings. The van der Waals surface area contributed by atoms with Crippen molar-refractivity contribution < 1.29 is 4.42 Å². The highest BCUT2D eigenvalue weighted by Crippen LogP contribution is 2.48. The van der Waals surface area contributed by atoms with Crippen molar-refractivity contribution in [2.45, 2.75) is 0 Å². The molecule has 0 fully saturated rings. The lowest BCUT2D eigenvalue weighted by Gasteiger charge is -2.42. The van der Waals surface area contributed by atoms with E-state index in [9.17, 15) is 0 Å². The highest BCUT2D eigenvalue weighted by molar-refractivity contribution is 7.00. The summed E-state index contributed by atoms with van der Waals surface area (Å²) in [6.07, 6.45) is 0. The third kappa shape index (κ3) is 4.19. The smallest absolute Gasteiger partial charge is 0.297 e. The number of para-hydroxylation sites is 2. The normalized spacial score (nSPS) is 13.2. The molecule has 0 amide bonds. The van der Waals surface area contributed by atoms with Gasteiger partial charge in [0.2, 0.25) is 0 Å². The lowest BCUT2D eigenvalue weighted by molar-refractivity contribution is 0.651. The summed E-state index contributed by atoms with van der Waals surface area (Å²) < 4.78 is 7.09. The predicted octanol–water partition coefficient (Wildman–Crippen LogP) is 13.4. The van der Waals surface area contributed by atoms with Crippen LogP contribution in [-0.4, -0.2) is 6.71 Å². The molecule has 3 nitrogen and oxygen atoms in total. The van der Waals surface area contributed by atoms with Gasteiger partial charge in [-0.2, -0.15) is 0 Å². The van der Waals surface area contributed by atoms with Crippen LogP contribution >= 0.6 is 0 Å². The zero-order valence-electron chi connectivity index (χ0n) is 32.4. The third-order valence-corrected chi connectivity index (χ3v) is 13.4. The van der Waals surface area contributed by atoms with Crippen LogP contribution in [0.25, 0.3) is 75.6 Å². The molecule has 276 valence electrons. The summed E-state index contributed by atoms with van der Waals surface area (Å²) in [6, 6.07) is 73.7. The van der Waals surface area contributed by atoms with Crippen LogP contribution in [0.2, 0.25) is 0 Å². The summed E-state index contributed by atoms with van der Waals surface area (Å²) in [4.78, 5) is 4.96. The van der Waals surface area contributed by atoms with E-state index < -0.39 is 0 Å². The Morgan fingerprint density at radius 3 is 1.27 bits per heavy atom. The zero-order chi connectivity index (χ0) is 39.1. The predicted molar refractivity (Wildman–Crippen MR) is 255 cm³/mol. The number of hydrogen-bond acceptors (Lipinski definition) is 3. The van der Waals surface area contributed by atoms with Gasteiger partial charge in [0.05, 0.1) is 11.3 Å². The van der Waals surface area contributed by atoms with E-state index in [0.29, 0.717) is 0 Å². The van der Waals surface area contributed by atoms with Crippen LogP contribution in [-0.2, 0) is 0 Å². The molecule has 0 saturated heterocycles. The highest BCUT2D eigenvalue weighted by Gasteiger charge is 2.46. The Bertz CT molecular complexity index is 3760. The van der Waals surface area contributed by atoms with Crippen molar-refractivity contribution in [3.63, 3.8) is 0 Å². The largest absolute Gasteiger partial charge is 0.468 e. The summed E-state index contributed by atoms with van der Waals surface area (Å²) >= 11 is 0. The highest BCUT2D eigenvalue weighted by atomic mass is 16.3. The second-order valence-corrected chi connectivity index (χ2v) is 16.3. The van der Waals surface area contributed by atoms with Crippen LogP contribution in [0.5, 0.6) is 0 Å². The Hall–Kier alpha value is -7.82. The molecule has 2 aliphatic heterocycles. The first-order chi connectivity index (χ1) is 29.8. The Morgan fingerprint density at radius 1 is 0.317 bits per heavy atom. The number of furan rings is 1. The van der Waals surface area contributed by atoms with Gasteiger partial charge >= 0.3 is 0 Å². The van der Waals surface area contributed by atoms with Crippen LogP contribution in [0.4, 0.5) is 34.1 Å². The van der Waals surface area contributed by atoms with Crippen molar-refractivity contribution in [3.05, 3.63) is 200 Å². The fourth-order valence-corrected chi connectivity index (χ4v) is 10.9. The molecule has 3 heterocycles. The maximum absolute atomic E-state index is 7.09. The Kier molecular flexibility index (Phi) is 6.37. The molecular weight excluding hydrogens is 727 g/mol. The first-order valence-corrected chi connectivity index (χ1v) is 20.8. The van der Waals surface area contributed by atoms with Gasteiger partial charge < -0.3 is 14.2 Å². The third-order valence-electron chi connectivity index (χ3n) is 13.4. The summed E-state index contributed by atoms with van der Waals surface area (Å²) in [5.41, 5.74) is 11.2. The summed E-state index contributed by atoms with van der Waals surface area (Å²) in [5.74, 6) is 0. The number of fused-ring (bicyclic) bond motifs is 18. The van der Waals surface area contributed by atoms with Crippen molar-refractivity contribution >= 4 is 133 Å². The molecule has 0 N–H and O–H groups in total. The van der Waals surface area contributed by atoms with Crippen molar-refractivity contribution in [2.75, 3.05) is 9.80 Å². The van der Waals surface area contributed by atoms with E-state index in [1.807, 2.05) is 0 Å². The van der Waals surface area contributed by atoms with Crippen molar-refractivity contribution in [1.82, 2.24) is 0 Å². The average Bonchev–Trinajstić information content (AvgIpc) is 3.70. The SMILES string of the molecule is c1ccc2c(c1)B1c3oc4ccccc4c3N(c3ccc4c5ccccc5c5ccccc5c4c3)c3cccc(c31)N2c1ccc2c3ccccc3c3ccccc3c2c1. The minimum absolute atomic E-state index is 0.0993. The topological polar surface area (TPSA) is 19.6 Å². The molecule has 4 heteroatoms. The lowest BCUT2D eigenvalue weighted by atomic mass is 9.35. The van der Waals surface area contributed by atoms with Crippen molar-refractivity contribution in [2.24, 2.45) is 0 Å². The van der Waals surface area contributed by atoms with Gasteiger partial charge in [-0.3, -0.25) is 0 Å². The van der Waals surface area contributed by atoms with Crippen LogP contribution in [0.15, 0.2) is 205 Å². The molecule has 0 aliphatic carbocycles. The van der Waals surface area contributed by atoms with Crippen LogP contribution in [0.1, 0.15) is 0 Å². The standard InChI is InChI=1S/C56H33BN2O/c1-3-18-40-36(14-1)38-16-5-7-20-42(38)47-32-34(28-30-44(40)47)58-50-24-11-10-23-49(50)57-54-51(58)25-13-26-52(54)59(55-46-22-9-12-27-53(46)60-56(55)57)35-29-31-45-41-19-4-2-15-37(41)39-17-6-8-21-43(39)48(45)33-35/h1-33H. The van der Waals surface area contributed by atoms with Crippen LogP contribution in [0.3, 0.4) is 0 Å². The monoisotopic (exact) mass is 760 g/mol. The van der Waals surface area contributed by atoms with E-state index in [2.05, 4.69) is 210 Å². The molecule has 12 aromatic rings. The molecule has 60 heavy (non-hydrogen) atoms. The molecular formula is C56H33BN2O. The molecule has 14 rings (SSSR count). The van der Waals surface area contributed by atoms with Crippen LogP contribution in [0, 0.1) is 0 Å². The average molecular weight is 761 g/mol. The fraction of sp³-hybridized carbons (Fsp3) is 0. The molecule has 0 spiro atoms. The van der Waals surface area contributed by atoms with E-state index in [-0.39, 0.29) is 6.71 Å². The van der Waals surface area contributed by atoms with Gasteiger partial charge in [-0.25, -0.2) is 0 Å². The number of nitrogens with zero attached hydrogens (tertiary/aromatic N) is 2. The van der Waals surface area contributed by atoms with Crippen molar-refractivity contribution in [3.8, 4) is 0 Å². The molecule has 1 aromatic heterocycles. The van der Waals surface area contributed by atoms with E-state index in [4.69, 9.17) is 4.42 Å². The Morgan fingerprint density at radius 2 is 0.717 bits per heavy atom. The molecule has 0 unspecified atom stereocenters. The second kappa shape index (κ2) is 11.9. The van der Waals surface area contributed by atoms with Gasteiger partial charge in [0.1, 0.15) is 5.58 Å². The van der Waals surface area contributed by atoms with Gasteiger partial charge in [-0.1, -0.05) is 146 Å². The zero-order valence-corrected chi connectivity index (χ0v) is 32.4. The Labute approximate surface area is 346 Å². The van der Waals surface area contributed by atoms with Gasteiger partial charge in [-0.15, -0.1) is 0 Å². The number of benzene rings is 11. The summed E-state index contributed by atoms with van der Waals surface area (Å²) in [6.45, 7) is -0.0993. The molecule has 0 saturated carbocycles. The number of hydrogen-bond donors (Lipinski definition) is 0. The quantitative estimate of drug-likeness (QED) is 0.129. The van der Waals surface area contributed by atoms with E-state index in [1.165, 1.54) is 81.2 Å². The second-order valence-electron chi connectivity index (χ2n) is 16.3. The minimum Gasteiger partial charge on any atom is -0.468 e. The summed E-state index contributed by atoms with van der Waals surface area (Å²) in [7, 11) is 0.